The molecule has 0 aromatic carbocycles. The summed E-state index contributed by atoms with van der Waals surface area (Å²) in [5.74, 6) is 0.0273. The van der Waals surface area contributed by atoms with Gasteiger partial charge in [0.05, 0.1) is 19.0 Å². The van der Waals surface area contributed by atoms with E-state index in [0.717, 1.165) is 63.7 Å². The van der Waals surface area contributed by atoms with Crippen molar-refractivity contribution in [2.45, 2.75) is 108 Å². The average Bonchev–Trinajstić information content (AvgIpc) is 3.04. The van der Waals surface area contributed by atoms with Crippen molar-refractivity contribution in [1.82, 2.24) is 4.90 Å². The standard InChI is InChI=1S/C29H69NO10Si4/c1-11-37-28(38-12-2)41-23-17-21-30(22-18-24-42-29(39-13-3)40-14-4)27(19-15-25-43(31-5,32-6)33-7)20-16-26-44(34-8,35-9)36-10/h27-29H,11-26,41-42H2,1-10H3. The summed E-state index contributed by atoms with van der Waals surface area (Å²) in [6, 6.07) is 4.39. The van der Waals surface area contributed by atoms with Gasteiger partial charge in [-0.3, -0.25) is 0 Å². The fourth-order valence-corrected chi connectivity index (χ4v) is 12.4. The number of hydrogen-bond donors (Lipinski definition) is 0. The van der Waals surface area contributed by atoms with Crippen molar-refractivity contribution >= 4 is 36.6 Å². The summed E-state index contributed by atoms with van der Waals surface area (Å²) < 4.78 is 57.8. The van der Waals surface area contributed by atoms with Gasteiger partial charge in [0, 0.05) is 87.2 Å². The summed E-state index contributed by atoms with van der Waals surface area (Å²) in [7, 11) is 3.91. The predicted octanol–water partition coefficient (Wildman–Crippen LogP) is 3.64. The molecule has 44 heavy (non-hydrogen) atoms. The summed E-state index contributed by atoms with van der Waals surface area (Å²) in [4.78, 5) is 2.72. The van der Waals surface area contributed by atoms with Crippen LogP contribution < -0.4 is 0 Å². The first-order valence-corrected chi connectivity index (χ1v) is 24.3. The maximum Gasteiger partial charge on any atom is 0.500 e. The van der Waals surface area contributed by atoms with Gasteiger partial charge in [-0.15, -0.1) is 0 Å². The molecule has 0 amide bonds. The SMILES string of the molecule is CCOC(OCC)[SiH2]CCCN(CCC[SiH2]C(OCC)OCC)C(CCC[Si](OC)(OC)OC)CCC[Si](OC)(OC)OC. The van der Waals surface area contributed by atoms with Crippen LogP contribution in [0.25, 0.3) is 0 Å². The smallest absolute Gasteiger partial charge is 0.377 e. The van der Waals surface area contributed by atoms with Gasteiger partial charge in [-0.2, -0.15) is 0 Å². The molecular weight excluding hydrogens is 635 g/mol. The van der Waals surface area contributed by atoms with Crippen LogP contribution in [-0.2, 0) is 45.5 Å². The zero-order valence-corrected chi connectivity index (χ0v) is 34.8. The quantitative estimate of drug-likeness (QED) is 0.0570. The summed E-state index contributed by atoms with van der Waals surface area (Å²) in [5, 5.41) is 0. The van der Waals surface area contributed by atoms with Gasteiger partial charge in [0.2, 0.25) is 0 Å². The summed E-state index contributed by atoms with van der Waals surface area (Å²) in [6.45, 7) is 13.1. The minimum atomic E-state index is -2.63. The Kier molecular flexibility index (Phi) is 28.7. The highest BCUT2D eigenvalue weighted by Crippen LogP contribution is 2.25. The van der Waals surface area contributed by atoms with Gasteiger partial charge in [0.15, 0.2) is 0 Å². The van der Waals surface area contributed by atoms with Crippen molar-refractivity contribution in [2.75, 3.05) is 82.2 Å². The molecule has 0 aromatic heterocycles. The molecule has 0 radical (unpaired) electrons. The molecular formula is C29H69NO10Si4. The first-order valence-electron chi connectivity index (χ1n) is 16.8. The van der Waals surface area contributed by atoms with E-state index in [1.807, 2.05) is 27.7 Å². The Labute approximate surface area is 277 Å². The topological polar surface area (TPSA) is 95.5 Å². The van der Waals surface area contributed by atoms with Crippen LogP contribution in [-0.4, -0.2) is 142 Å². The molecule has 0 aliphatic carbocycles. The van der Waals surface area contributed by atoms with E-state index in [2.05, 4.69) is 4.90 Å². The van der Waals surface area contributed by atoms with Crippen molar-refractivity contribution in [3.8, 4) is 0 Å². The Morgan fingerprint density at radius 3 is 1.09 bits per heavy atom. The van der Waals surface area contributed by atoms with E-state index in [1.165, 1.54) is 12.1 Å². The van der Waals surface area contributed by atoms with E-state index < -0.39 is 36.6 Å². The molecule has 0 aromatic rings. The molecule has 0 saturated carbocycles. The number of ether oxygens (including phenoxy) is 4. The first-order chi connectivity index (χ1) is 21.3. The second-order valence-electron chi connectivity index (χ2n) is 10.7. The van der Waals surface area contributed by atoms with Crippen LogP contribution >= 0.6 is 0 Å². The van der Waals surface area contributed by atoms with Gasteiger partial charge in [-0.1, -0.05) is 12.1 Å². The lowest BCUT2D eigenvalue weighted by molar-refractivity contribution is -0.0829. The monoisotopic (exact) mass is 703 g/mol. The lowest BCUT2D eigenvalue weighted by atomic mass is 10.0. The van der Waals surface area contributed by atoms with E-state index in [-0.39, 0.29) is 11.8 Å². The van der Waals surface area contributed by atoms with Crippen LogP contribution in [0.4, 0.5) is 0 Å². The largest absolute Gasteiger partial charge is 0.500 e. The molecule has 266 valence electrons. The minimum Gasteiger partial charge on any atom is -0.377 e. The van der Waals surface area contributed by atoms with Gasteiger partial charge < -0.3 is 50.4 Å². The number of hydrogen-bond acceptors (Lipinski definition) is 11. The van der Waals surface area contributed by atoms with Crippen molar-refractivity contribution in [3.05, 3.63) is 0 Å². The molecule has 0 saturated heterocycles. The Morgan fingerprint density at radius 1 is 0.500 bits per heavy atom. The highest BCUT2D eigenvalue weighted by atomic mass is 28.4. The third-order valence-corrected chi connectivity index (χ3v) is 17.5. The van der Waals surface area contributed by atoms with Crippen molar-refractivity contribution in [1.29, 1.82) is 0 Å². The molecule has 0 spiro atoms. The van der Waals surface area contributed by atoms with E-state index in [4.69, 9.17) is 45.5 Å². The lowest BCUT2D eigenvalue weighted by Crippen LogP contribution is -2.44. The Hall–Kier alpha value is 0.428. The zero-order chi connectivity index (χ0) is 33.1. The van der Waals surface area contributed by atoms with Crippen LogP contribution in [0.3, 0.4) is 0 Å². The normalized spacial score (nSPS) is 13.5. The van der Waals surface area contributed by atoms with Crippen LogP contribution in [0.1, 0.15) is 66.2 Å². The van der Waals surface area contributed by atoms with Gasteiger partial charge in [0.25, 0.3) is 0 Å². The van der Waals surface area contributed by atoms with Crippen LogP contribution in [0.2, 0.25) is 24.2 Å². The van der Waals surface area contributed by atoms with Gasteiger partial charge in [0.1, 0.15) is 11.8 Å². The maximum atomic E-state index is 5.86. The Morgan fingerprint density at radius 2 is 0.818 bits per heavy atom. The zero-order valence-electron chi connectivity index (χ0n) is 30.0. The Balaban J connectivity index is 5.68. The fraction of sp³-hybridized carbons (Fsp3) is 1.00. The summed E-state index contributed by atoms with van der Waals surface area (Å²) in [5.41, 5.74) is 0. The molecule has 0 aliphatic rings. The van der Waals surface area contributed by atoms with Gasteiger partial charge >= 0.3 is 17.6 Å². The first kappa shape index (κ1) is 44.4. The highest BCUT2D eigenvalue weighted by Gasteiger charge is 2.39. The van der Waals surface area contributed by atoms with Gasteiger partial charge in [-0.05, 0) is 79.3 Å². The summed E-state index contributed by atoms with van der Waals surface area (Å²) in [6.07, 6.45) is 6.33. The number of rotatable bonds is 33. The molecule has 15 heteroatoms. The predicted molar refractivity (Wildman–Crippen MR) is 187 cm³/mol. The molecule has 0 unspecified atom stereocenters. The highest BCUT2D eigenvalue weighted by molar-refractivity contribution is 6.60. The lowest BCUT2D eigenvalue weighted by Gasteiger charge is -2.34. The maximum absolute atomic E-state index is 5.86. The second-order valence-corrected chi connectivity index (χ2v) is 20.8. The van der Waals surface area contributed by atoms with E-state index in [9.17, 15) is 0 Å². The molecule has 0 bridgehead atoms. The van der Waals surface area contributed by atoms with Crippen LogP contribution in [0.15, 0.2) is 0 Å². The van der Waals surface area contributed by atoms with E-state index in [1.54, 1.807) is 42.7 Å². The van der Waals surface area contributed by atoms with Crippen LogP contribution in [0.5, 0.6) is 0 Å². The third kappa shape index (κ3) is 18.7. The molecule has 0 aliphatic heterocycles. The molecule has 0 heterocycles. The van der Waals surface area contributed by atoms with Crippen molar-refractivity contribution < 1.29 is 45.5 Å². The molecule has 0 fully saturated rings. The Bertz CT molecular complexity index is 560. The average molecular weight is 704 g/mol. The van der Waals surface area contributed by atoms with Crippen LogP contribution in [0, 0.1) is 0 Å². The minimum absolute atomic E-state index is 0.0136. The molecule has 0 rings (SSSR count). The van der Waals surface area contributed by atoms with Crippen molar-refractivity contribution in [3.63, 3.8) is 0 Å². The molecule has 11 nitrogen and oxygen atoms in total. The van der Waals surface area contributed by atoms with E-state index >= 15 is 0 Å². The van der Waals surface area contributed by atoms with Gasteiger partial charge in [-0.25, -0.2) is 0 Å². The fourth-order valence-electron chi connectivity index (χ4n) is 5.63. The second kappa shape index (κ2) is 28.4. The van der Waals surface area contributed by atoms with Crippen molar-refractivity contribution in [2.24, 2.45) is 0 Å². The number of nitrogens with zero attached hydrogens (tertiary/aromatic N) is 1. The van der Waals surface area contributed by atoms with E-state index in [0.29, 0.717) is 32.5 Å². The molecule has 0 N–H and O–H groups in total. The summed E-state index contributed by atoms with van der Waals surface area (Å²) >= 11 is 0. The molecule has 0 atom stereocenters. The third-order valence-electron chi connectivity index (χ3n) is 8.10.